The summed E-state index contributed by atoms with van der Waals surface area (Å²) >= 11 is 0. The Bertz CT molecular complexity index is 653. The smallest absolute Gasteiger partial charge is 0.265 e. The van der Waals surface area contributed by atoms with Crippen LogP contribution in [0.4, 0.5) is 5.69 Å². The summed E-state index contributed by atoms with van der Waals surface area (Å²) in [6.45, 7) is 1.48. The highest BCUT2D eigenvalue weighted by Gasteiger charge is 2.37. The Morgan fingerprint density at radius 2 is 1.90 bits per heavy atom. The minimum absolute atomic E-state index is 0.0329. The van der Waals surface area contributed by atoms with E-state index in [9.17, 15) is 13.2 Å². The number of rotatable bonds is 2. The molecule has 1 atom stereocenters. The Morgan fingerprint density at radius 1 is 1.24 bits per heavy atom. The maximum atomic E-state index is 12.5. The number of anilines is 1. The van der Waals surface area contributed by atoms with Crippen LogP contribution in [0, 0.1) is 0 Å². The van der Waals surface area contributed by atoms with Gasteiger partial charge in [-0.1, -0.05) is 12.1 Å². The number of ether oxygens (including phenoxy) is 1. The monoisotopic (exact) mass is 310 g/mol. The zero-order valence-corrected chi connectivity index (χ0v) is 12.7. The van der Waals surface area contributed by atoms with Gasteiger partial charge >= 0.3 is 0 Å². The van der Waals surface area contributed by atoms with Gasteiger partial charge in [-0.05, 0) is 25.0 Å². The molecule has 0 radical (unpaired) electrons. The van der Waals surface area contributed by atoms with Gasteiger partial charge in [0.05, 0.1) is 18.5 Å². The molecule has 1 saturated heterocycles. The van der Waals surface area contributed by atoms with E-state index < -0.39 is 16.1 Å². The van der Waals surface area contributed by atoms with Crippen LogP contribution in [-0.2, 0) is 14.8 Å². The first-order chi connectivity index (χ1) is 9.97. The number of likely N-dealkylation sites (tertiary alicyclic amines) is 1. The molecule has 6 nitrogen and oxygen atoms in total. The summed E-state index contributed by atoms with van der Waals surface area (Å²) in [5, 5.41) is 0. The molecule has 7 heteroatoms. The molecule has 0 aliphatic carbocycles. The minimum atomic E-state index is -3.45. The van der Waals surface area contributed by atoms with Crippen LogP contribution in [0.2, 0.25) is 0 Å². The highest BCUT2D eigenvalue weighted by Crippen LogP contribution is 2.35. The van der Waals surface area contributed by atoms with E-state index in [2.05, 4.69) is 0 Å². The van der Waals surface area contributed by atoms with Crippen LogP contribution in [0.5, 0.6) is 5.75 Å². The normalized spacial score (nSPS) is 21.9. The molecule has 1 amide bonds. The highest BCUT2D eigenvalue weighted by atomic mass is 32.2. The number of fused-ring (bicyclic) bond motifs is 1. The first kappa shape index (κ1) is 14.2. The van der Waals surface area contributed by atoms with Gasteiger partial charge < -0.3 is 9.64 Å². The molecule has 21 heavy (non-hydrogen) atoms. The van der Waals surface area contributed by atoms with Crippen LogP contribution < -0.4 is 9.04 Å². The van der Waals surface area contributed by atoms with E-state index in [0.29, 0.717) is 11.4 Å². The quantitative estimate of drug-likeness (QED) is 0.812. The van der Waals surface area contributed by atoms with E-state index in [1.165, 1.54) is 4.31 Å². The molecule has 2 aliphatic rings. The molecule has 0 bridgehead atoms. The number of hydrogen-bond donors (Lipinski definition) is 0. The van der Waals surface area contributed by atoms with Gasteiger partial charge in [0.15, 0.2) is 6.10 Å². The third-order valence-corrected chi connectivity index (χ3v) is 4.97. The van der Waals surface area contributed by atoms with Crippen molar-refractivity contribution in [3.63, 3.8) is 0 Å². The van der Waals surface area contributed by atoms with Gasteiger partial charge in [-0.3, -0.25) is 9.10 Å². The van der Waals surface area contributed by atoms with Gasteiger partial charge in [0, 0.05) is 13.1 Å². The summed E-state index contributed by atoms with van der Waals surface area (Å²) in [7, 11) is -3.45. The van der Waals surface area contributed by atoms with Crippen molar-refractivity contribution in [2.24, 2.45) is 0 Å². The average Bonchev–Trinajstić information content (AvgIpc) is 2.98. The summed E-state index contributed by atoms with van der Waals surface area (Å²) in [5.41, 5.74) is 0.491. The topological polar surface area (TPSA) is 66.9 Å². The number of carbonyl (C=O) groups is 1. The molecule has 0 unspecified atom stereocenters. The van der Waals surface area contributed by atoms with Gasteiger partial charge in [0.25, 0.3) is 5.91 Å². The van der Waals surface area contributed by atoms with Crippen molar-refractivity contribution in [3.05, 3.63) is 24.3 Å². The SMILES string of the molecule is CS(=O)(=O)N1C[C@H](C(=O)N2CCCC2)Oc2ccccc21. The van der Waals surface area contributed by atoms with Crippen LogP contribution in [0.25, 0.3) is 0 Å². The number of amides is 1. The molecule has 3 rings (SSSR count). The van der Waals surface area contributed by atoms with Crippen LogP contribution in [0.15, 0.2) is 24.3 Å². The van der Waals surface area contributed by atoms with E-state index in [1.54, 1.807) is 29.2 Å². The van der Waals surface area contributed by atoms with Gasteiger partial charge in [-0.25, -0.2) is 8.42 Å². The van der Waals surface area contributed by atoms with Gasteiger partial charge in [-0.2, -0.15) is 0 Å². The summed E-state index contributed by atoms with van der Waals surface area (Å²) in [4.78, 5) is 14.2. The van der Waals surface area contributed by atoms with Crippen LogP contribution >= 0.6 is 0 Å². The summed E-state index contributed by atoms with van der Waals surface area (Å²) in [5.74, 6) is 0.308. The van der Waals surface area contributed by atoms with Crippen molar-refractivity contribution in [2.45, 2.75) is 18.9 Å². The van der Waals surface area contributed by atoms with E-state index >= 15 is 0 Å². The van der Waals surface area contributed by atoms with Crippen LogP contribution in [0.1, 0.15) is 12.8 Å². The Morgan fingerprint density at radius 3 is 2.57 bits per heavy atom. The van der Waals surface area contributed by atoms with E-state index in [4.69, 9.17) is 4.74 Å². The molecule has 2 aliphatic heterocycles. The minimum Gasteiger partial charge on any atom is -0.476 e. The predicted molar refractivity (Wildman–Crippen MR) is 78.9 cm³/mol. The van der Waals surface area contributed by atoms with Gasteiger partial charge in [-0.15, -0.1) is 0 Å². The van der Waals surface area contributed by atoms with E-state index in [1.807, 2.05) is 0 Å². The molecule has 2 heterocycles. The van der Waals surface area contributed by atoms with Gasteiger partial charge in [0.2, 0.25) is 10.0 Å². The molecule has 0 spiro atoms. The first-order valence-electron chi connectivity index (χ1n) is 6.99. The maximum absolute atomic E-state index is 12.5. The molecule has 114 valence electrons. The van der Waals surface area contributed by atoms with Gasteiger partial charge in [0.1, 0.15) is 5.75 Å². The number of nitrogens with zero attached hydrogens (tertiary/aromatic N) is 2. The fraction of sp³-hybridized carbons (Fsp3) is 0.500. The van der Waals surface area contributed by atoms with Crippen molar-refractivity contribution < 1.29 is 17.9 Å². The second kappa shape index (κ2) is 5.22. The third kappa shape index (κ3) is 2.70. The molecular formula is C14H18N2O4S. The first-order valence-corrected chi connectivity index (χ1v) is 8.84. The standard InChI is InChI=1S/C14H18N2O4S/c1-21(18,19)16-10-13(14(17)15-8-4-5-9-15)20-12-7-3-2-6-11(12)16/h2-3,6-7,13H,4-5,8-10H2,1H3/t13-/m1/s1. The van der Waals surface area contributed by atoms with E-state index in [-0.39, 0.29) is 12.5 Å². The Labute approximate surface area is 124 Å². The van der Waals surface area contributed by atoms with Crippen molar-refractivity contribution in [3.8, 4) is 5.75 Å². The third-order valence-electron chi connectivity index (χ3n) is 3.83. The summed E-state index contributed by atoms with van der Waals surface area (Å²) in [6, 6.07) is 6.90. The number of hydrogen-bond acceptors (Lipinski definition) is 4. The number of para-hydroxylation sites is 2. The fourth-order valence-electron chi connectivity index (χ4n) is 2.79. The zero-order chi connectivity index (χ0) is 15.0. The molecule has 0 saturated carbocycles. The largest absolute Gasteiger partial charge is 0.476 e. The van der Waals surface area contributed by atoms with E-state index in [0.717, 1.165) is 32.2 Å². The molecular weight excluding hydrogens is 292 g/mol. The predicted octanol–water partition coefficient (Wildman–Crippen LogP) is 0.836. The molecule has 1 aromatic carbocycles. The molecule has 0 N–H and O–H groups in total. The fourth-order valence-corrected chi connectivity index (χ4v) is 3.70. The number of sulfonamides is 1. The molecule has 1 aromatic rings. The lowest BCUT2D eigenvalue weighted by molar-refractivity contribution is -0.137. The number of benzene rings is 1. The average molecular weight is 310 g/mol. The lowest BCUT2D eigenvalue weighted by Crippen LogP contribution is -2.51. The Hall–Kier alpha value is -1.76. The second-order valence-electron chi connectivity index (χ2n) is 5.40. The lowest BCUT2D eigenvalue weighted by Gasteiger charge is -2.35. The van der Waals surface area contributed by atoms with Crippen molar-refractivity contribution >= 4 is 21.6 Å². The molecule has 1 fully saturated rings. The van der Waals surface area contributed by atoms with Crippen LogP contribution in [0.3, 0.4) is 0 Å². The Kier molecular flexibility index (Phi) is 3.52. The summed E-state index contributed by atoms with van der Waals surface area (Å²) in [6.07, 6.45) is 2.36. The zero-order valence-electron chi connectivity index (χ0n) is 11.9. The van der Waals surface area contributed by atoms with Crippen molar-refractivity contribution in [1.29, 1.82) is 0 Å². The van der Waals surface area contributed by atoms with Crippen molar-refractivity contribution in [1.82, 2.24) is 4.90 Å². The Balaban J connectivity index is 1.92. The maximum Gasteiger partial charge on any atom is 0.265 e. The lowest BCUT2D eigenvalue weighted by atomic mass is 10.2. The number of carbonyl (C=O) groups excluding carboxylic acids is 1. The second-order valence-corrected chi connectivity index (χ2v) is 7.31. The summed E-state index contributed by atoms with van der Waals surface area (Å²) < 4.78 is 31.0. The van der Waals surface area contributed by atoms with Crippen LogP contribution in [-0.4, -0.2) is 51.2 Å². The highest BCUT2D eigenvalue weighted by molar-refractivity contribution is 7.92. The molecule has 0 aromatic heterocycles. The van der Waals surface area contributed by atoms with Crippen molar-refractivity contribution in [2.75, 3.05) is 30.2 Å².